The highest BCUT2D eigenvalue weighted by molar-refractivity contribution is 5.64. The second-order valence-electron chi connectivity index (χ2n) is 6.80. The number of anilines is 3. The molecule has 0 amide bonds. The highest BCUT2D eigenvalue weighted by Gasteiger charge is 2.26. The van der Waals surface area contributed by atoms with Crippen molar-refractivity contribution in [1.82, 2.24) is 19.6 Å². The van der Waals surface area contributed by atoms with Gasteiger partial charge in [-0.1, -0.05) is 25.0 Å². The smallest absolute Gasteiger partial charge is 0.247 e. The van der Waals surface area contributed by atoms with Crippen molar-refractivity contribution >= 4 is 23.1 Å². The van der Waals surface area contributed by atoms with Crippen molar-refractivity contribution < 1.29 is 0 Å². The molecule has 1 fully saturated rings. The first-order chi connectivity index (χ1) is 12.1. The van der Waals surface area contributed by atoms with Crippen LogP contribution >= 0.6 is 0 Å². The molecular formula is C18H23N7. The maximum atomic E-state index is 6.29. The van der Waals surface area contributed by atoms with E-state index in [9.17, 15) is 0 Å². The summed E-state index contributed by atoms with van der Waals surface area (Å²) in [6.45, 7) is 2.05. The molecule has 1 aliphatic rings. The minimum absolute atomic E-state index is 0.131. The zero-order valence-corrected chi connectivity index (χ0v) is 14.3. The summed E-state index contributed by atoms with van der Waals surface area (Å²) in [6.07, 6.45) is 6.35. The monoisotopic (exact) mass is 337 g/mol. The molecule has 2 unspecified atom stereocenters. The van der Waals surface area contributed by atoms with E-state index >= 15 is 0 Å². The molecule has 2 atom stereocenters. The quantitative estimate of drug-likeness (QED) is 0.678. The summed E-state index contributed by atoms with van der Waals surface area (Å²) < 4.78 is 1.71. The van der Waals surface area contributed by atoms with Crippen LogP contribution in [0, 0.1) is 6.92 Å². The number of rotatable bonds is 3. The Hall–Kier alpha value is -2.67. The Morgan fingerprint density at radius 1 is 1.20 bits per heavy atom. The van der Waals surface area contributed by atoms with Gasteiger partial charge in [-0.05, 0) is 37.5 Å². The fourth-order valence-corrected chi connectivity index (χ4v) is 3.54. The number of nitrogen functional groups attached to an aromatic ring is 1. The number of aryl methyl sites for hydroxylation is 1. The van der Waals surface area contributed by atoms with Gasteiger partial charge >= 0.3 is 0 Å². The number of hydrogen-bond donors (Lipinski definition) is 3. The second kappa shape index (κ2) is 6.33. The van der Waals surface area contributed by atoms with E-state index in [1.54, 1.807) is 4.52 Å². The largest absolute Gasteiger partial charge is 0.381 e. The zero-order valence-electron chi connectivity index (χ0n) is 14.3. The van der Waals surface area contributed by atoms with Gasteiger partial charge in [-0.15, -0.1) is 5.10 Å². The van der Waals surface area contributed by atoms with Crippen molar-refractivity contribution in [3.05, 3.63) is 41.7 Å². The van der Waals surface area contributed by atoms with Gasteiger partial charge in [-0.2, -0.15) is 4.98 Å². The van der Waals surface area contributed by atoms with E-state index < -0.39 is 0 Å². The summed E-state index contributed by atoms with van der Waals surface area (Å²) in [5.41, 5.74) is 16.0. The summed E-state index contributed by atoms with van der Waals surface area (Å²) >= 11 is 0. The third-order valence-electron chi connectivity index (χ3n) is 4.84. The van der Waals surface area contributed by atoms with Gasteiger partial charge in [0.1, 0.15) is 0 Å². The van der Waals surface area contributed by atoms with E-state index in [1.165, 1.54) is 18.4 Å². The molecule has 0 aliphatic heterocycles. The molecule has 2 heterocycles. The predicted octanol–water partition coefficient (Wildman–Crippen LogP) is 2.74. The molecule has 2 aromatic heterocycles. The Morgan fingerprint density at radius 3 is 2.84 bits per heavy atom. The SMILES string of the molecule is Cc1cccc(Nc2nc3c(N)nc(C4CCCCC4N)cn3n2)c1. The molecule has 0 radical (unpaired) electrons. The van der Waals surface area contributed by atoms with Crippen LogP contribution in [0.15, 0.2) is 30.5 Å². The number of aromatic nitrogens is 4. The third kappa shape index (κ3) is 3.15. The van der Waals surface area contributed by atoms with Gasteiger partial charge in [0.15, 0.2) is 11.5 Å². The first-order valence-corrected chi connectivity index (χ1v) is 8.72. The molecule has 3 aromatic rings. The topological polar surface area (TPSA) is 107 Å². The standard InChI is InChI=1S/C18H23N7/c1-11-5-4-6-12(9-11)21-18-23-17-16(20)22-15(10-25(17)24-18)13-7-2-3-8-14(13)19/h4-6,9-10,13-14H,2-3,7-8,19H2,1H3,(H2,20,22)(H,21,24). The molecule has 25 heavy (non-hydrogen) atoms. The van der Waals surface area contributed by atoms with Gasteiger partial charge in [0, 0.05) is 17.6 Å². The molecule has 4 rings (SSSR count). The number of nitrogens with one attached hydrogen (secondary N) is 1. The van der Waals surface area contributed by atoms with E-state index in [-0.39, 0.29) is 12.0 Å². The lowest BCUT2D eigenvalue weighted by atomic mass is 9.83. The van der Waals surface area contributed by atoms with Gasteiger partial charge in [0.05, 0.1) is 11.9 Å². The molecule has 1 aliphatic carbocycles. The number of hydrogen-bond acceptors (Lipinski definition) is 6. The predicted molar refractivity (Wildman–Crippen MR) is 98.8 cm³/mol. The van der Waals surface area contributed by atoms with Crippen LogP contribution in [-0.2, 0) is 0 Å². The second-order valence-corrected chi connectivity index (χ2v) is 6.80. The summed E-state index contributed by atoms with van der Waals surface area (Å²) in [7, 11) is 0. The molecule has 1 saturated carbocycles. The lowest BCUT2D eigenvalue weighted by molar-refractivity contribution is 0.379. The van der Waals surface area contributed by atoms with Crippen molar-refractivity contribution in [2.24, 2.45) is 5.73 Å². The van der Waals surface area contributed by atoms with E-state index in [4.69, 9.17) is 11.5 Å². The molecule has 1 aromatic carbocycles. The summed E-state index contributed by atoms with van der Waals surface area (Å²) in [6, 6.07) is 8.19. The normalized spacial score (nSPS) is 20.7. The lowest BCUT2D eigenvalue weighted by Gasteiger charge is -2.27. The van der Waals surface area contributed by atoms with Crippen LogP contribution in [-0.4, -0.2) is 25.6 Å². The van der Waals surface area contributed by atoms with Crippen LogP contribution in [0.2, 0.25) is 0 Å². The Balaban J connectivity index is 1.67. The minimum Gasteiger partial charge on any atom is -0.381 e. The molecule has 0 spiro atoms. The summed E-state index contributed by atoms with van der Waals surface area (Å²) in [5.74, 6) is 1.13. The van der Waals surface area contributed by atoms with Crippen LogP contribution < -0.4 is 16.8 Å². The Morgan fingerprint density at radius 2 is 2.04 bits per heavy atom. The molecule has 0 bridgehead atoms. The van der Waals surface area contributed by atoms with Crippen LogP contribution in [0.3, 0.4) is 0 Å². The van der Waals surface area contributed by atoms with Crippen molar-refractivity contribution in [2.75, 3.05) is 11.1 Å². The van der Waals surface area contributed by atoms with Crippen molar-refractivity contribution in [1.29, 1.82) is 0 Å². The van der Waals surface area contributed by atoms with Crippen LogP contribution in [0.4, 0.5) is 17.5 Å². The minimum atomic E-state index is 0.131. The van der Waals surface area contributed by atoms with Gasteiger partial charge in [0.2, 0.25) is 5.95 Å². The Bertz CT molecular complexity index is 902. The zero-order chi connectivity index (χ0) is 17.4. The number of nitrogens with zero attached hydrogens (tertiary/aromatic N) is 4. The average molecular weight is 337 g/mol. The molecule has 130 valence electrons. The average Bonchev–Trinajstić information content (AvgIpc) is 2.98. The fourth-order valence-electron chi connectivity index (χ4n) is 3.54. The van der Waals surface area contributed by atoms with Crippen LogP contribution in [0.25, 0.3) is 5.65 Å². The van der Waals surface area contributed by atoms with Gasteiger partial charge in [-0.25, -0.2) is 9.50 Å². The maximum absolute atomic E-state index is 6.29. The van der Waals surface area contributed by atoms with Crippen molar-refractivity contribution in [3.63, 3.8) is 0 Å². The van der Waals surface area contributed by atoms with Gasteiger partial charge < -0.3 is 16.8 Å². The Labute approximate surface area is 146 Å². The number of benzene rings is 1. The summed E-state index contributed by atoms with van der Waals surface area (Å²) in [5, 5.41) is 7.73. The Kier molecular flexibility index (Phi) is 4.01. The lowest BCUT2D eigenvalue weighted by Crippen LogP contribution is -2.32. The molecule has 0 saturated heterocycles. The van der Waals surface area contributed by atoms with Gasteiger partial charge in [0.25, 0.3) is 0 Å². The first kappa shape index (κ1) is 15.8. The van der Waals surface area contributed by atoms with Crippen LogP contribution in [0.5, 0.6) is 0 Å². The first-order valence-electron chi connectivity index (χ1n) is 8.72. The van der Waals surface area contributed by atoms with Crippen molar-refractivity contribution in [2.45, 2.75) is 44.6 Å². The van der Waals surface area contributed by atoms with E-state index in [0.29, 0.717) is 17.4 Å². The van der Waals surface area contributed by atoms with Crippen LogP contribution in [0.1, 0.15) is 42.9 Å². The maximum Gasteiger partial charge on any atom is 0.247 e. The molecular weight excluding hydrogens is 314 g/mol. The molecule has 7 heteroatoms. The highest BCUT2D eigenvalue weighted by Crippen LogP contribution is 2.31. The van der Waals surface area contributed by atoms with E-state index in [1.807, 2.05) is 37.4 Å². The molecule has 7 nitrogen and oxygen atoms in total. The number of nitrogens with two attached hydrogens (primary N) is 2. The van der Waals surface area contributed by atoms with Crippen molar-refractivity contribution in [3.8, 4) is 0 Å². The molecule has 5 N–H and O–H groups in total. The number of fused-ring (bicyclic) bond motifs is 1. The summed E-state index contributed by atoms with van der Waals surface area (Å²) in [4.78, 5) is 9.02. The van der Waals surface area contributed by atoms with E-state index in [2.05, 4.69) is 20.4 Å². The van der Waals surface area contributed by atoms with Gasteiger partial charge in [-0.3, -0.25) is 0 Å². The fraction of sp³-hybridized carbons (Fsp3) is 0.389. The third-order valence-corrected chi connectivity index (χ3v) is 4.84. The van der Waals surface area contributed by atoms with E-state index in [0.717, 1.165) is 24.2 Å². The highest BCUT2D eigenvalue weighted by atomic mass is 15.4.